The number of hydrogen-bond donors (Lipinski definition) is 1. The summed E-state index contributed by atoms with van der Waals surface area (Å²) >= 11 is 0. The average molecular weight is 174 g/mol. The highest BCUT2D eigenvalue weighted by Gasteiger charge is 1.88. The molecule has 0 amide bonds. The molecule has 0 aliphatic heterocycles. The second-order valence-corrected chi connectivity index (χ2v) is 2.38. The zero-order valence-corrected chi connectivity index (χ0v) is 7.66. The van der Waals surface area contributed by atoms with Gasteiger partial charge in [-0.1, -0.05) is 6.08 Å². The molecular weight excluding hydrogens is 156 g/mol. The van der Waals surface area contributed by atoms with E-state index in [1.54, 1.807) is 6.26 Å². The third-order valence-electron chi connectivity index (χ3n) is 1.27. The van der Waals surface area contributed by atoms with Crippen LogP contribution < -0.4 is 0 Å². The molecule has 0 aromatic rings. The molecule has 0 aromatic carbocycles. The van der Waals surface area contributed by atoms with Crippen molar-refractivity contribution in [2.24, 2.45) is 0 Å². The number of allylic oxidation sites excluding steroid dienone is 1. The van der Waals surface area contributed by atoms with Crippen LogP contribution in [0, 0.1) is 0 Å². The zero-order valence-electron chi connectivity index (χ0n) is 7.66. The van der Waals surface area contributed by atoms with Gasteiger partial charge in [-0.25, -0.2) is 0 Å². The van der Waals surface area contributed by atoms with E-state index in [0.717, 1.165) is 19.4 Å². The van der Waals surface area contributed by atoms with Gasteiger partial charge in [-0.2, -0.15) is 0 Å². The van der Waals surface area contributed by atoms with Crippen LogP contribution in [0.5, 0.6) is 0 Å². The maximum absolute atomic E-state index is 8.38. The highest BCUT2D eigenvalue weighted by atomic mass is 16.5. The van der Waals surface area contributed by atoms with Crippen LogP contribution in [-0.4, -0.2) is 31.5 Å². The fourth-order valence-electron chi connectivity index (χ4n) is 0.720. The van der Waals surface area contributed by atoms with Crippen LogP contribution in [0.1, 0.15) is 19.8 Å². The Hall–Kier alpha value is -0.540. The average Bonchev–Trinajstić information content (AvgIpc) is 2.10. The Kier molecular flexibility index (Phi) is 9.99. The molecule has 0 saturated heterocycles. The molecule has 3 nitrogen and oxygen atoms in total. The van der Waals surface area contributed by atoms with Crippen molar-refractivity contribution in [3.05, 3.63) is 12.3 Å². The van der Waals surface area contributed by atoms with Crippen molar-refractivity contribution in [3.63, 3.8) is 0 Å². The summed E-state index contributed by atoms with van der Waals surface area (Å²) < 4.78 is 10.2. The molecule has 3 heteroatoms. The summed E-state index contributed by atoms with van der Waals surface area (Å²) in [6.07, 6.45) is 5.53. The van der Waals surface area contributed by atoms with Gasteiger partial charge in [-0.15, -0.1) is 0 Å². The Balaban J connectivity index is 2.81. The minimum atomic E-state index is 0.106. The molecule has 0 heterocycles. The summed E-state index contributed by atoms with van der Waals surface area (Å²) in [4.78, 5) is 0. The van der Waals surface area contributed by atoms with Crippen molar-refractivity contribution in [3.8, 4) is 0 Å². The van der Waals surface area contributed by atoms with E-state index in [0.29, 0.717) is 13.2 Å². The smallest absolute Gasteiger partial charge is 0.0874 e. The van der Waals surface area contributed by atoms with E-state index in [4.69, 9.17) is 14.6 Å². The van der Waals surface area contributed by atoms with Gasteiger partial charge in [0.25, 0.3) is 0 Å². The minimum absolute atomic E-state index is 0.106. The van der Waals surface area contributed by atoms with Crippen molar-refractivity contribution >= 4 is 0 Å². The molecule has 0 radical (unpaired) electrons. The molecule has 0 saturated carbocycles. The van der Waals surface area contributed by atoms with E-state index < -0.39 is 0 Å². The fraction of sp³-hybridized carbons (Fsp3) is 0.778. The third-order valence-corrected chi connectivity index (χ3v) is 1.27. The second kappa shape index (κ2) is 10.5. The number of aliphatic hydroxyl groups is 1. The minimum Gasteiger partial charge on any atom is -0.502 e. The number of rotatable bonds is 8. The van der Waals surface area contributed by atoms with Crippen molar-refractivity contribution in [2.45, 2.75) is 19.8 Å². The summed E-state index contributed by atoms with van der Waals surface area (Å²) in [6, 6.07) is 0. The van der Waals surface area contributed by atoms with Gasteiger partial charge in [0.05, 0.1) is 26.1 Å². The highest BCUT2D eigenvalue weighted by molar-refractivity contribution is 4.64. The molecule has 0 rings (SSSR count). The Bertz CT molecular complexity index is 102. The summed E-state index contributed by atoms with van der Waals surface area (Å²) in [5.74, 6) is 0. The lowest BCUT2D eigenvalue weighted by molar-refractivity contribution is 0.0865. The van der Waals surface area contributed by atoms with Crippen molar-refractivity contribution in [1.82, 2.24) is 0 Å². The summed E-state index contributed by atoms with van der Waals surface area (Å²) in [5, 5.41) is 8.38. The Morgan fingerprint density at radius 3 is 2.58 bits per heavy atom. The normalized spacial score (nSPS) is 10.8. The number of aliphatic hydroxyl groups excluding tert-OH is 1. The van der Waals surface area contributed by atoms with Crippen molar-refractivity contribution < 1.29 is 14.6 Å². The van der Waals surface area contributed by atoms with Crippen LogP contribution >= 0.6 is 0 Å². The van der Waals surface area contributed by atoms with Gasteiger partial charge in [-0.3, -0.25) is 0 Å². The molecule has 1 N–H and O–H groups in total. The van der Waals surface area contributed by atoms with E-state index in [9.17, 15) is 0 Å². The van der Waals surface area contributed by atoms with Crippen LogP contribution in [-0.2, 0) is 9.47 Å². The molecule has 0 aliphatic rings. The predicted octanol–water partition coefficient (Wildman–Crippen LogP) is 1.33. The molecule has 0 spiro atoms. The summed E-state index contributed by atoms with van der Waals surface area (Å²) in [5.41, 5.74) is 0. The largest absolute Gasteiger partial charge is 0.502 e. The van der Waals surface area contributed by atoms with Crippen molar-refractivity contribution in [1.29, 1.82) is 0 Å². The Labute approximate surface area is 74.0 Å². The van der Waals surface area contributed by atoms with E-state index in [1.165, 1.54) is 0 Å². The van der Waals surface area contributed by atoms with Crippen LogP contribution in [0.15, 0.2) is 12.3 Å². The Morgan fingerprint density at radius 1 is 1.17 bits per heavy atom. The van der Waals surface area contributed by atoms with E-state index in [2.05, 4.69) is 0 Å². The highest BCUT2D eigenvalue weighted by Crippen LogP contribution is 1.91. The quantitative estimate of drug-likeness (QED) is 0.445. The topological polar surface area (TPSA) is 38.7 Å². The van der Waals surface area contributed by atoms with Gasteiger partial charge in [0.1, 0.15) is 0 Å². The Morgan fingerprint density at radius 2 is 1.92 bits per heavy atom. The lowest BCUT2D eigenvalue weighted by Gasteiger charge is -2.01. The van der Waals surface area contributed by atoms with Gasteiger partial charge in [0, 0.05) is 6.61 Å². The summed E-state index contributed by atoms with van der Waals surface area (Å²) in [6.45, 7) is 3.92. The number of unbranched alkanes of at least 4 members (excludes halogenated alkanes) is 1. The lowest BCUT2D eigenvalue weighted by Crippen LogP contribution is -2.01. The molecule has 12 heavy (non-hydrogen) atoms. The van der Waals surface area contributed by atoms with Gasteiger partial charge >= 0.3 is 0 Å². The molecule has 0 aliphatic carbocycles. The van der Waals surface area contributed by atoms with Crippen LogP contribution in [0.25, 0.3) is 0 Å². The monoisotopic (exact) mass is 174 g/mol. The van der Waals surface area contributed by atoms with Crippen molar-refractivity contribution in [2.75, 3.05) is 26.4 Å². The molecule has 72 valence electrons. The number of ether oxygens (including phenoxy) is 2. The van der Waals surface area contributed by atoms with E-state index >= 15 is 0 Å². The first-order valence-electron chi connectivity index (χ1n) is 4.33. The lowest BCUT2D eigenvalue weighted by atomic mass is 10.3. The zero-order chi connectivity index (χ0) is 9.07. The number of hydrogen-bond acceptors (Lipinski definition) is 3. The molecule has 0 unspecified atom stereocenters. The first-order valence-corrected chi connectivity index (χ1v) is 4.33. The molecule has 0 fully saturated rings. The molecule has 0 aromatic heterocycles. The van der Waals surface area contributed by atoms with E-state index in [-0.39, 0.29) is 6.61 Å². The standard InChI is InChI=1S/C9H18O3/c1-2-6-11-7-3-4-8-12-9-5-10/h2,6,10H,3-5,7-9H2,1H3. The molecular formula is C9H18O3. The third kappa shape index (κ3) is 9.46. The van der Waals surface area contributed by atoms with Gasteiger partial charge in [-0.05, 0) is 19.8 Å². The molecule has 0 atom stereocenters. The summed E-state index contributed by atoms with van der Waals surface area (Å²) in [7, 11) is 0. The first-order chi connectivity index (χ1) is 5.91. The SMILES string of the molecule is CC=COCCCCOCCO. The second-order valence-electron chi connectivity index (χ2n) is 2.38. The maximum atomic E-state index is 8.38. The van der Waals surface area contributed by atoms with Crippen LogP contribution in [0.4, 0.5) is 0 Å². The molecule has 0 bridgehead atoms. The van der Waals surface area contributed by atoms with Crippen LogP contribution in [0.3, 0.4) is 0 Å². The maximum Gasteiger partial charge on any atom is 0.0874 e. The van der Waals surface area contributed by atoms with E-state index in [1.807, 2.05) is 13.0 Å². The predicted molar refractivity (Wildman–Crippen MR) is 47.9 cm³/mol. The van der Waals surface area contributed by atoms with Gasteiger partial charge in [0.2, 0.25) is 0 Å². The first kappa shape index (κ1) is 11.5. The fourth-order valence-corrected chi connectivity index (χ4v) is 0.720. The van der Waals surface area contributed by atoms with Crippen LogP contribution in [0.2, 0.25) is 0 Å². The van der Waals surface area contributed by atoms with Gasteiger partial charge < -0.3 is 14.6 Å². The van der Waals surface area contributed by atoms with Gasteiger partial charge in [0.15, 0.2) is 0 Å².